The molecule has 0 spiro atoms. The third-order valence-corrected chi connectivity index (χ3v) is 3.00. The normalized spacial score (nSPS) is 11.2. The third kappa shape index (κ3) is 4.78. The smallest absolute Gasteiger partial charge is 0.0364 e. The topological polar surface area (TPSA) is 15.3 Å². The Morgan fingerprint density at radius 3 is 2.12 bits per heavy atom. The maximum Gasteiger partial charge on any atom is 0.0364 e. The summed E-state index contributed by atoms with van der Waals surface area (Å²) in [7, 11) is 2.15. The molecule has 2 heteroatoms. The summed E-state index contributed by atoms with van der Waals surface area (Å²) in [4.78, 5) is 2.29. The number of benzene rings is 1. The second-order valence-corrected chi connectivity index (χ2v) is 5.28. The molecule has 0 saturated heterocycles. The van der Waals surface area contributed by atoms with Crippen molar-refractivity contribution in [2.75, 3.05) is 25.0 Å². The average Bonchev–Trinajstić information content (AvgIpc) is 2.28. The van der Waals surface area contributed by atoms with Crippen molar-refractivity contribution in [2.24, 2.45) is 0 Å². The lowest BCUT2D eigenvalue weighted by Crippen LogP contribution is -2.32. The molecular weight excluding hydrogens is 208 g/mol. The number of nitrogens with one attached hydrogen (secondary N) is 1. The van der Waals surface area contributed by atoms with Crippen LogP contribution in [-0.2, 0) is 0 Å². The Morgan fingerprint density at radius 2 is 1.65 bits per heavy atom. The molecule has 17 heavy (non-hydrogen) atoms. The highest BCUT2D eigenvalue weighted by atomic mass is 15.1. The predicted octanol–water partition coefficient (Wildman–Crippen LogP) is 3.24. The van der Waals surface area contributed by atoms with Crippen LogP contribution in [0.4, 0.5) is 5.69 Å². The fourth-order valence-electron chi connectivity index (χ4n) is 1.76. The lowest BCUT2D eigenvalue weighted by atomic mass is 10.0. The first kappa shape index (κ1) is 14.0. The van der Waals surface area contributed by atoms with Crippen LogP contribution < -0.4 is 10.2 Å². The molecule has 0 unspecified atom stereocenters. The van der Waals surface area contributed by atoms with Gasteiger partial charge in [0, 0.05) is 31.9 Å². The van der Waals surface area contributed by atoms with Gasteiger partial charge >= 0.3 is 0 Å². The largest absolute Gasteiger partial charge is 0.373 e. The molecule has 1 rings (SSSR count). The number of nitrogens with zero attached hydrogens (tertiary/aromatic N) is 1. The molecule has 96 valence electrons. The Balaban J connectivity index is 2.48. The first-order valence-corrected chi connectivity index (χ1v) is 6.55. The lowest BCUT2D eigenvalue weighted by Gasteiger charge is -2.21. The van der Waals surface area contributed by atoms with Gasteiger partial charge in [0.05, 0.1) is 0 Å². The van der Waals surface area contributed by atoms with Crippen molar-refractivity contribution in [3.8, 4) is 0 Å². The zero-order chi connectivity index (χ0) is 12.8. The third-order valence-electron chi connectivity index (χ3n) is 3.00. The van der Waals surface area contributed by atoms with E-state index in [-0.39, 0.29) is 0 Å². The summed E-state index contributed by atoms with van der Waals surface area (Å²) in [5.74, 6) is 0.608. The van der Waals surface area contributed by atoms with E-state index in [1.165, 1.54) is 11.3 Å². The van der Waals surface area contributed by atoms with E-state index in [4.69, 9.17) is 0 Å². The van der Waals surface area contributed by atoms with Gasteiger partial charge in [0.2, 0.25) is 0 Å². The Bertz CT molecular complexity index is 314. The summed E-state index contributed by atoms with van der Waals surface area (Å²) in [6.45, 7) is 10.9. The van der Waals surface area contributed by atoms with E-state index in [1.807, 2.05) is 0 Å². The zero-order valence-corrected chi connectivity index (χ0v) is 11.8. The molecule has 0 fully saturated rings. The van der Waals surface area contributed by atoms with Gasteiger partial charge in [-0.15, -0.1) is 0 Å². The molecule has 2 nitrogen and oxygen atoms in total. The molecule has 0 aliphatic rings. The molecule has 0 bridgehead atoms. The highest BCUT2D eigenvalue weighted by molar-refractivity contribution is 5.47. The highest BCUT2D eigenvalue weighted by Crippen LogP contribution is 2.18. The summed E-state index contributed by atoms with van der Waals surface area (Å²) < 4.78 is 0. The van der Waals surface area contributed by atoms with Gasteiger partial charge in [-0.05, 0) is 23.6 Å². The highest BCUT2D eigenvalue weighted by Gasteiger charge is 2.03. The van der Waals surface area contributed by atoms with Crippen LogP contribution in [0.1, 0.15) is 39.2 Å². The van der Waals surface area contributed by atoms with E-state index in [1.54, 1.807) is 0 Å². The van der Waals surface area contributed by atoms with Gasteiger partial charge in [-0.25, -0.2) is 0 Å². The van der Waals surface area contributed by atoms with Crippen molar-refractivity contribution in [3.05, 3.63) is 29.8 Å². The molecule has 0 aromatic heterocycles. The van der Waals surface area contributed by atoms with Crippen molar-refractivity contribution >= 4 is 5.69 Å². The van der Waals surface area contributed by atoms with Crippen molar-refractivity contribution in [1.82, 2.24) is 5.32 Å². The van der Waals surface area contributed by atoms with E-state index in [9.17, 15) is 0 Å². The van der Waals surface area contributed by atoms with Gasteiger partial charge in [0.1, 0.15) is 0 Å². The van der Waals surface area contributed by atoms with Gasteiger partial charge in [0.15, 0.2) is 0 Å². The van der Waals surface area contributed by atoms with Gasteiger partial charge < -0.3 is 10.2 Å². The van der Waals surface area contributed by atoms with E-state index in [0.717, 1.165) is 13.1 Å². The molecule has 1 aromatic rings. The molecular formula is C15H26N2. The first-order valence-electron chi connectivity index (χ1n) is 6.55. The minimum absolute atomic E-state index is 0.562. The Kier molecular flexibility index (Phi) is 5.49. The minimum atomic E-state index is 0.562. The molecule has 0 heterocycles. The van der Waals surface area contributed by atoms with Crippen molar-refractivity contribution in [2.45, 2.75) is 39.7 Å². The summed E-state index contributed by atoms with van der Waals surface area (Å²) >= 11 is 0. The summed E-state index contributed by atoms with van der Waals surface area (Å²) in [6, 6.07) is 9.44. The van der Waals surface area contributed by atoms with Crippen molar-refractivity contribution < 1.29 is 0 Å². The SMILES string of the molecule is CC(C)NCCN(C)c1ccc(C(C)C)cc1. The molecule has 1 aromatic carbocycles. The van der Waals surface area contributed by atoms with Gasteiger partial charge in [0.25, 0.3) is 0 Å². The molecule has 0 radical (unpaired) electrons. The van der Waals surface area contributed by atoms with Crippen LogP contribution in [-0.4, -0.2) is 26.2 Å². The second kappa shape index (κ2) is 6.65. The van der Waals surface area contributed by atoms with Crippen LogP contribution in [0.3, 0.4) is 0 Å². The van der Waals surface area contributed by atoms with Crippen LogP contribution in [0, 0.1) is 0 Å². The standard InChI is InChI=1S/C15H26N2/c1-12(2)14-6-8-15(9-7-14)17(5)11-10-16-13(3)4/h6-9,12-13,16H,10-11H2,1-5H3. The zero-order valence-electron chi connectivity index (χ0n) is 11.8. The molecule has 0 atom stereocenters. The van der Waals surface area contributed by atoms with E-state index >= 15 is 0 Å². The molecule has 0 aliphatic carbocycles. The van der Waals surface area contributed by atoms with E-state index in [2.05, 4.69) is 69.2 Å². The maximum atomic E-state index is 3.43. The Hall–Kier alpha value is -1.02. The summed E-state index contributed by atoms with van der Waals surface area (Å²) in [5.41, 5.74) is 2.70. The fourth-order valence-corrected chi connectivity index (χ4v) is 1.76. The average molecular weight is 234 g/mol. The lowest BCUT2D eigenvalue weighted by molar-refractivity contribution is 0.589. The fraction of sp³-hybridized carbons (Fsp3) is 0.600. The number of likely N-dealkylation sites (N-methyl/N-ethyl adjacent to an activating group) is 1. The van der Waals surface area contributed by atoms with Crippen LogP contribution in [0.5, 0.6) is 0 Å². The Labute approximate surface area is 106 Å². The molecule has 0 saturated carbocycles. The number of anilines is 1. The van der Waals surface area contributed by atoms with Crippen molar-refractivity contribution in [3.63, 3.8) is 0 Å². The van der Waals surface area contributed by atoms with Gasteiger partial charge in [-0.1, -0.05) is 39.8 Å². The molecule has 1 N–H and O–H groups in total. The van der Waals surface area contributed by atoms with Crippen LogP contribution in [0.2, 0.25) is 0 Å². The quantitative estimate of drug-likeness (QED) is 0.813. The number of hydrogen-bond acceptors (Lipinski definition) is 2. The minimum Gasteiger partial charge on any atom is -0.373 e. The summed E-state index contributed by atoms with van der Waals surface area (Å²) in [5, 5.41) is 3.43. The molecule has 0 aliphatic heterocycles. The monoisotopic (exact) mass is 234 g/mol. The molecule has 0 amide bonds. The first-order chi connectivity index (χ1) is 8.00. The van der Waals surface area contributed by atoms with Crippen LogP contribution in [0.25, 0.3) is 0 Å². The van der Waals surface area contributed by atoms with E-state index in [0.29, 0.717) is 12.0 Å². The Morgan fingerprint density at radius 1 is 1.06 bits per heavy atom. The van der Waals surface area contributed by atoms with Crippen LogP contribution in [0.15, 0.2) is 24.3 Å². The predicted molar refractivity (Wildman–Crippen MR) is 76.9 cm³/mol. The second-order valence-electron chi connectivity index (χ2n) is 5.28. The van der Waals surface area contributed by atoms with E-state index < -0.39 is 0 Å². The number of rotatable bonds is 6. The number of hydrogen-bond donors (Lipinski definition) is 1. The van der Waals surface area contributed by atoms with Gasteiger partial charge in [-0.3, -0.25) is 0 Å². The van der Waals surface area contributed by atoms with Crippen LogP contribution >= 0.6 is 0 Å². The summed E-state index contributed by atoms with van der Waals surface area (Å²) in [6.07, 6.45) is 0. The van der Waals surface area contributed by atoms with Crippen molar-refractivity contribution in [1.29, 1.82) is 0 Å². The van der Waals surface area contributed by atoms with Gasteiger partial charge in [-0.2, -0.15) is 0 Å². The maximum absolute atomic E-state index is 3.43.